The molecule has 26 heavy (non-hydrogen) atoms. The summed E-state index contributed by atoms with van der Waals surface area (Å²) in [6, 6.07) is 7.43. The summed E-state index contributed by atoms with van der Waals surface area (Å²) in [6.45, 7) is 0. The molecule has 134 valence electrons. The smallest absolute Gasteiger partial charge is 0.321 e. The van der Waals surface area contributed by atoms with Gasteiger partial charge in [-0.05, 0) is 46.8 Å². The van der Waals surface area contributed by atoms with Gasteiger partial charge in [0.2, 0.25) is 0 Å². The number of aromatic nitrogens is 4. The van der Waals surface area contributed by atoms with Crippen LogP contribution in [0.4, 0.5) is 18.9 Å². The average molecular weight is 447 g/mol. The maximum Gasteiger partial charge on any atom is 0.416 e. The number of tetrazole rings is 1. The van der Waals surface area contributed by atoms with Crippen LogP contribution in [-0.4, -0.2) is 26.1 Å². The van der Waals surface area contributed by atoms with E-state index in [1.807, 2.05) is 0 Å². The summed E-state index contributed by atoms with van der Waals surface area (Å²) in [4.78, 5) is 12.6. The van der Waals surface area contributed by atoms with E-state index in [9.17, 15) is 18.0 Å². The van der Waals surface area contributed by atoms with E-state index in [1.165, 1.54) is 17.1 Å². The summed E-state index contributed by atoms with van der Waals surface area (Å²) >= 11 is 9.17. The third kappa shape index (κ3) is 3.86. The number of halogens is 5. The van der Waals surface area contributed by atoms with Gasteiger partial charge in [-0.3, -0.25) is 4.79 Å². The summed E-state index contributed by atoms with van der Waals surface area (Å²) in [5.74, 6) is -0.668. The third-order valence-electron chi connectivity index (χ3n) is 3.34. The first-order valence-corrected chi connectivity index (χ1v) is 8.14. The van der Waals surface area contributed by atoms with Crippen molar-refractivity contribution in [2.45, 2.75) is 6.18 Å². The lowest BCUT2D eigenvalue weighted by Crippen LogP contribution is -2.16. The third-order valence-corrected chi connectivity index (χ3v) is 4.16. The van der Waals surface area contributed by atoms with Gasteiger partial charge in [0, 0.05) is 4.47 Å². The van der Waals surface area contributed by atoms with Gasteiger partial charge >= 0.3 is 6.18 Å². The Balaban J connectivity index is 1.98. The van der Waals surface area contributed by atoms with Gasteiger partial charge in [0.25, 0.3) is 5.91 Å². The molecule has 0 radical (unpaired) electrons. The normalized spacial score (nSPS) is 11.4. The maximum atomic E-state index is 12.9. The molecule has 2 aromatic carbocycles. The Morgan fingerprint density at radius 2 is 1.96 bits per heavy atom. The van der Waals surface area contributed by atoms with Crippen LogP contribution in [-0.2, 0) is 6.18 Å². The van der Waals surface area contributed by atoms with Gasteiger partial charge in [-0.25, -0.2) is 0 Å². The maximum absolute atomic E-state index is 12.9. The monoisotopic (exact) mass is 445 g/mol. The number of carbonyl (C=O) groups excluding carboxylic acids is 1. The fraction of sp³-hybridized carbons (Fsp3) is 0.0667. The van der Waals surface area contributed by atoms with E-state index in [2.05, 4.69) is 36.8 Å². The van der Waals surface area contributed by atoms with Gasteiger partial charge in [-0.15, -0.1) is 5.10 Å². The van der Waals surface area contributed by atoms with Crippen LogP contribution in [0.3, 0.4) is 0 Å². The molecule has 1 amide bonds. The zero-order chi connectivity index (χ0) is 18.9. The Labute approximate surface area is 158 Å². The van der Waals surface area contributed by atoms with E-state index in [1.54, 1.807) is 12.1 Å². The van der Waals surface area contributed by atoms with Crippen molar-refractivity contribution in [3.8, 4) is 5.69 Å². The average Bonchev–Trinajstić information content (AvgIpc) is 3.10. The lowest BCUT2D eigenvalue weighted by atomic mass is 10.1. The number of nitrogens with zero attached hydrogens (tertiary/aromatic N) is 4. The van der Waals surface area contributed by atoms with Crippen LogP contribution in [0.2, 0.25) is 5.02 Å². The Hall–Kier alpha value is -2.46. The minimum atomic E-state index is -4.56. The number of anilines is 1. The second kappa shape index (κ2) is 7.04. The number of hydrogen-bond acceptors (Lipinski definition) is 4. The van der Waals surface area contributed by atoms with Crippen LogP contribution in [0.1, 0.15) is 15.9 Å². The molecular weight excluding hydrogens is 439 g/mol. The molecule has 0 aliphatic heterocycles. The van der Waals surface area contributed by atoms with Crippen LogP contribution >= 0.6 is 27.5 Å². The van der Waals surface area contributed by atoms with Crippen molar-refractivity contribution in [2.24, 2.45) is 0 Å². The molecule has 0 atom stereocenters. The van der Waals surface area contributed by atoms with Crippen LogP contribution in [0.25, 0.3) is 5.69 Å². The number of amides is 1. The van der Waals surface area contributed by atoms with Gasteiger partial charge in [0.05, 0.1) is 27.5 Å². The molecule has 1 N–H and O–H groups in total. The topological polar surface area (TPSA) is 72.7 Å². The number of rotatable bonds is 3. The zero-order valence-corrected chi connectivity index (χ0v) is 15.0. The van der Waals surface area contributed by atoms with E-state index in [4.69, 9.17) is 11.6 Å². The molecule has 0 aliphatic rings. The number of benzene rings is 2. The molecule has 0 saturated heterocycles. The second-order valence-electron chi connectivity index (χ2n) is 5.06. The Morgan fingerprint density at radius 3 is 2.62 bits per heavy atom. The van der Waals surface area contributed by atoms with Crippen molar-refractivity contribution in [3.05, 3.63) is 63.3 Å². The standard InChI is InChI=1S/C15H8BrClF3N5O/c16-9-2-4-13(25-7-21-23-24-25)10(6-9)14(26)22-12-5-8(15(18,19)20)1-3-11(12)17/h1-7H,(H,22,26). The minimum Gasteiger partial charge on any atom is -0.321 e. The fourth-order valence-electron chi connectivity index (χ4n) is 2.15. The molecule has 0 spiro atoms. The van der Waals surface area contributed by atoms with Gasteiger partial charge in [-0.2, -0.15) is 17.9 Å². The molecule has 1 aromatic heterocycles. The lowest BCUT2D eigenvalue weighted by Gasteiger charge is -2.13. The van der Waals surface area contributed by atoms with Gasteiger partial charge in [0.1, 0.15) is 6.33 Å². The van der Waals surface area contributed by atoms with E-state index < -0.39 is 17.6 Å². The Kier molecular flexibility index (Phi) is 4.97. The van der Waals surface area contributed by atoms with Crippen molar-refractivity contribution >= 4 is 39.1 Å². The highest BCUT2D eigenvalue weighted by molar-refractivity contribution is 9.10. The molecule has 0 unspecified atom stereocenters. The first-order valence-electron chi connectivity index (χ1n) is 6.97. The summed E-state index contributed by atoms with van der Waals surface area (Å²) in [7, 11) is 0. The molecule has 0 saturated carbocycles. The molecule has 3 aromatic rings. The summed E-state index contributed by atoms with van der Waals surface area (Å²) in [5.41, 5.74) is -0.597. The van der Waals surface area contributed by atoms with E-state index in [0.29, 0.717) is 10.2 Å². The van der Waals surface area contributed by atoms with Gasteiger partial charge < -0.3 is 5.32 Å². The van der Waals surface area contributed by atoms with Crippen LogP contribution < -0.4 is 5.32 Å². The SMILES string of the molecule is O=C(Nc1cc(C(F)(F)F)ccc1Cl)c1cc(Br)ccc1-n1cnnn1. The number of hydrogen-bond donors (Lipinski definition) is 1. The molecule has 0 fully saturated rings. The van der Waals surface area contributed by atoms with Crippen LogP contribution in [0.15, 0.2) is 47.2 Å². The lowest BCUT2D eigenvalue weighted by molar-refractivity contribution is -0.137. The molecule has 1 heterocycles. The molecular formula is C15H8BrClF3N5O. The van der Waals surface area contributed by atoms with Crippen LogP contribution in [0.5, 0.6) is 0 Å². The Bertz CT molecular complexity index is 962. The van der Waals surface area contributed by atoms with Crippen molar-refractivity contribution in [1.29, 1.82) is 0 Å². The highest BCUT2D eigenvalue weighted by Crippen LogP contribution is 2.34. The molecule has 3 rings (SSSR count). The predicted octanol–water partition coefficient (Wildman–Crippen LogP) is 4.35. The minimum absolute atomic E-state index is 0.0229. The largest absolute Gasteiger partial charge is 0.416 e. The Morgan fingerprint density at radius 1 is 1.19 bits per heavy atom. The zero-order valence-electron chi connectivity index (χ0n) is 12.6. The van der Waals surface area contributed by atoms with Crippen molar-refractivity contribution in [2.75, 3.05) is 5.32 Å². The first-order chi connectivity index (χ1) is 12.3. The van der Waals surface area contributed by atoms with E-state index in [0.717, 1.165) is 18.2 Å². The summed E-state index contributed by atoms with van der Waals surface area (Å²) < 4.78 is 40.5. The van der Waals surface area contributed by atoms with Crippen LogP contribution in [0, 0.1) is 0 Å². The predicted molar refractivity (Wildman–Crippen MR) is 91.3 cm³/mol. The highest BCUT2D eigenvalue weighted by atomic mass is 79.9. The molecule has 11 heteroatoms. The quantitative estimate of drug-likeness (QED) is 0.649. The van der Waals surface area contributed by atoms with Gasteiger partial charge in [0.15, 0.2) is 0 Å². The number of carbonyl (C=O) groups is 1. The second-order valence-corrected chi connectivity index (χ2v) is 6.39. The molecule has 0 aliphatic carbocycles. The molecule has 6 nitrogen and oxygen atoms in total. The van der Waals surface area contributed by atoms with Crippen molar-refractivity contribution in [1.82, 2.24) is 20.2 Å². The first kappa shape index (κ1) is 18.3. The van der Waals surface area contributed by atoms with Gasteiger partial charge in [-0.1, -0.05) is 27.5 Å². The number of nitrogens with one attached hydrogen (secondary N) is 1. The molecule has 0 bridgehead atoms. The summed E-state index contributed by atoms with van der Waals surface area (Å²) in [5, 5.41) is 13.1. The summed E-state index contributed by atoms with van der Waals surface area (Å²) in [6.07, 6.45) is -3.27. The van der Waals surface area contributed by atoms with E-state index in [-0.39, 0.29) is 16.3 Å². The highest BCUT2D eigenvalue weighted by Gasteiger charge is 2.31. The van der Waals surface area contributed by atoms with Crippen molar-refractivity contribution < 1.29 is 18.0 Å². The fourth-order valence-corrected chi connectivity index (χ4v) is 2.67. The number of alkyl halides is 3. The van der Waals surface area contributed by atoms with E-state index >= 15 is 0 Å². The van der Waals surface area contributed by atoms with Crippen molar-refractivity contribution in [3.63, 3.8) is 0 Å².